The molecular formula is C33H31ClN2O8S2. The zero-order valence-electron chi connectivity index (χ0n) is 25.3. The van der Waals surface area contributed by atoms with E-state index in [0.717, 1.165) is 16.0 Å². The second kappa shape index (κ2) is 14.5. The summed E-state index contributed by atoms with van der Waals surface area (Å²) in [5, 5.41) is 20.5. The number of non-ortho nitro benzene ring substituents is 1. The van der Waals surface area contributed by atoms with Gasteiger partial charge in [0.15, 0.2) is 10.8 Å². The average molecular weight is 683 g/mol. The molecule has 0 radical (unpaired) electrons. The monoisotopic (exact) mass is 682 g/mol. The average Bonchev–Trinajstić information content (AvgIpc) is 3.02. The maximum Gasteiger partial charge on any atom is 0.359 e. The van der Waals surface area contributed by atoms with Crippen molar-refractivity contribution in [3.63, 3.8) is 0 Å². The van der Waals surface area contributed by atoms with Gasteiger partial charge in [0.1, 0.15) is 17.9 Å². The van der Waals surface area contributed by atoms with Crippen LogP contribution in [0.15, 0.2) is 89.7 Å². The van der Waals surface area contributed by atoms with E-state index < -0.39 is 45.4 Å². The van der Waals surface area contributed by atoms with Crippen molar-refractivity contribution in [2.24, 2.45) is 11.3 Å². The van der Waals surface area contributed by atoms with Crippen molar-refractivity contribution in [3.05, 3.63) is 116 Å². The predicted octanol–water partition coefficient (Wildman–Crippen LogP) is 6.36. The number of aliphatic hydroxyl groups is 1. The molecule has 13 heteroatoms. The number of nitro groups is 1. The number of rotatable bonds is 11. The van der Waals surface area contributed by atoms with E-state index in [1.54, 1.807) is 45.0 Å². The van der Waals surface area contributed by atoms with Crippen LogP contribution in [-0.2, 0) is 25.7 Å². The number of alkyl halides is 1. The van der Waals surface area contributed by atoms with Gasteiger partial charge in [-0.15, -0.1) is 0 Å². The summed E-state index contributed by atoms with van der Waals surface area (Å²) in [5.41, 5.74) is -0.561. The van der Waals surface area contributed by atoms with E-state index in [0.29, 0.717) is 22.2 Å². The number of β-lactam (4-membered cyclic amide) rings is 1. The van der Waals surface area contributed by atoms with Gasteiger partial charge in [-0.1, -0.05) is 74.9 Å². The van der Waals surface area contributed by atoms with E-state index in [-0.39, 0.29) is 28.3 Å². The Labute approximate surface area is 280 Å². The van der Waals surface area contributed by atoms with Gasteiger partial charge in [-0.2, -0.15) is 0 Å². The predicted molar refractivity (Wildman–Crippen MR) is 178 cm³/mol. The number of likely N-dealkylation sites (tertiary alicyclic amines) is 1. The molecule has 0 unspecified atom stereocenters. The second-order valence-corrected chi connectivity index (χ2v) is 13.2. The number of ether oxygens (including phenoxy) is 2. The second-order valence-electron chi connectivity index (χ2n) is 11.4. The van der Waals surface area contributed by atoms with Crippen molar-refractivity contribution >= 4 is 63.1 Å². The van der Waals surface area contributed by atoms with Gasteiger partial charge < -0.3 is 14.6 Å². The van der Waals surface area contributed by atoms with Crippen LogP contribution in [0.25, 0.3) is 0 Å². The number of nitro benzene ring substituents is 1. The van der Waals surface area contributed by atoms with Crippen LogP contribution in [0.1, 0.15) is 44.4 Å². The molecule has 1 aliphatic rings. The minimum absolute atomic E-state index is 0.140. The number of thioether (sulfide) groups is 1. The Balaban J connectivity index is 1.72. The molecule has 10 nitrogen and oxygen atoms in total. The van der Waals surface area contributed by atoms with Crippen molar-refractivity contribution in [2.45, 2.75) is 45.9 Å². The fourth-order valence-corrected chi connectivity index (χ4v) is 5.93. The first-order chi connectivity index (χ1) is 21.7. The first kappa shape index (κ1) is 34.8. The molecule has 3 aromatic carbocycles. The summed E-state index contributed by atoms with van der Waals surface area (Å²) in [4.78, 5) is 52.2. The minimum atomic E-state index is -1.15. The van der Waals surface area contributed by atoms with Crippen molar-refractivity contribution in [2.75, 3.05) is 0 Å². The molecule has 0 aliphatic carbocycles. The van der Waals surface area contributed by atoms with Crippen molar-refractivity contribution in [1.82, 2.24) is 4.90 Å². The molecule has 240 valence electrons. The number of carbonyl (C=O) groups is 3. The summed E-state index contributed by atoms with van der Waals surface area (Å²) >= 11 is 12.8. The van der Waals surface area contributed by atoms with Crippen LogP contribution < -0.4 is 4.74 Å². The van der Waals surface area contributed by atoms with Crippen LogP contribution in [0, 0.1) is 21.4 Å². The zero-order valence-corrected chi connectivity index (χ0v) is 27.7. The maximum atomic E-state index is 13.7. The molecule has 1 aliphatic heterocycles. The normalized spacial score (nSPS) is 17.3. The number of carbonyl (C=O) groups excluding carboxylic acids is 3. The topological polar surface area (TPSA) is 136 Å². The van der Waals surface area contributed by atoms with Crippen LogP contribution in [0.4, 0.5) is 5.69 Å². The van der Waals surface area contributed by atoms with E-state index in [4.69, 9.17) is 33.3 Å². The lowest BCUT2D eigenvalue weighted by Gasteiger charge is -2.45. The molecule has 1 amide bonds. The van der Waals surface area contributed by atoms with E-state index in [1.807, 2.05) is 30.3 Å². The molecule has 3 aromatic rings. The van der Waals surface area contributed by atoms with Gasteiger partial charge in [0.05, 0.1) is 21.8 Å². The number of halogens is 1. The first-order valence-electron chi connectivity index (χ1n) is 14.1. The SMILES string of the molecule is C[C@@H](O)[C@H]1C(=O)N(C(C(=O)OCc2ccc([N+](=O)[O-])cc2)=C(Oc2ccc(C(=S)c3ccccc3)cc2)SC(=O)C(C)(C)C)[C@H]1Cl. The fourth-order valence-electron chi connectivity index (χ4n) is 4.25. The third kappa shape index (κ3) is 8.00. The Kier molecular flexibility index (Phi) is 11.0. The lowest BCUT2D eigenvalue weighted by molar-refractivity contribution is -0.384. The Morgan fingerprint density at radius 2 is 1.63 bits per heavy atom. The number of aliphatic hydroxyl groups excluding tert-OH is 1. The van der Waals surface area contributed by atoms with Crippen molar-refractivity contribution < 1.29 is 33.9 Å². The van der Waals surface area contributed by atoms with Crippen molar-refractivity contribution in [3.8, 4) is 5.75 Å². The van der Waals surface area contributed by atoms with E-state index in [9.17, 15) is 29.6 Å². The summed E-state index contributed by atoms with van der Waals surface area (Å²) < 4.78 is 11.7. The van der Waals surface area contributed by atoms with Gasteiger partial charge in [0.25, 0.3) is 5.69 Å². The standard InChI is InChI=1S/C33H31ClN2O8S2/c1-19(37)25-28(34)35(29(25)38)26(30(39)43-18-20-10-14-23(15-11-20)36(41)42)31(46-32(40)33(2,3)4)44-24-16-12-22(13-17-24)27(45)21-8-6-5-7-9-21/h5-17,19,25,28,37H,18H2,1-4H3/t19-,25-,28-/m1/s1. The number of hydrogen-bond acceptors (Lipinski definition) is 10. The largest absolute Gasteiger partial charge is 0.456 e. The summed E-state index contributed by atoms with van der Waals surface area (Å²) in [6.45, 7) is 6.16. The summed E-state index contributed by atoms with van der Waals surface area (Å²) in [5.74, 6) is -2.48. The van der Waals surface area contributed by atoms with Gasteiger partial charge in [0, 0.05) is 17.5 Å². The van der Waals surface area contributed by atoms with Gasteiger partial charge in [-0.05, 0) is 71.8 Å². The Morgan fingerprint density at radius 1 is 1.04 bits per heavy atom. The summed E-state index contributed by atoms with van der Waals surface area (Å²) in [7, 11) is 0. The van der Waals surface area contributed by atoms with Crippen LogP contribution >= 0.6 is 35.6 Å². The number of benzene rings is 3. The Hall–Kier alpha value is -4.10. The van der Waals surface area contributed by atoms with Gasteiger partial charge >= 0.3 is 5.97 Å². The molecule has 0 bridgehead atoms. The molecule has 0 saturated carbocycles. The van der Waals surface area contributed by atoms with Gasteiger partial charge in [-0.25, -0.2) is 4.79 Å². The third-order valence-electron chi connectivity index (χ3n) is 6.89. The fraction of sp³-hybridized carbons (Fsp3) is 0.273. The summed E-state index contributed by atoms with van der Waals surface area (Å²) in [6, 6.07) is 21.5. The highest BCUT2D eigenvalue weighted by Crippen LogP contribution is 2.41. The van der Waals surface area contributed by atoms with Gasteiger partial charge in [0.2, 0.25) is 11.0 Å². The number of hydrogen-bond donors (Lipinski definition) is 1. The lowest BCUT2D eigenvalue weighted by atomic mass is 9.92. The molecule has 4 rings (SSSR count). The number of nitrogens with zero attached hydrogens (tertiary/aromatic N) is 2. The highest BCUT2D eigenvalue weighted by atomic mass is 35.5. The Morgan fingerprint density at radius 3 is 2.15 bits per heavy atom. The molecule has 1 heterocycles. The summed E-state index contributed by atoms with van der Waals surface area (Å²) in [6.07, 6.45) is -1.11. The van der Waals surface area contributed by atoms with Crippen LogP contribution in [0.5, 0.6) is 5.75 Å². The molecule has 1 N–H and O–H groups in total. The molecule has 1 fully saturated rings. The van der Waals surface area contributed by atoms with E-state index in [1.165, 1.54) is 31.2 Å². The van der Waals surface area contributed by atoms with E-state index >= 15 is 0 Å². The molecule has 3 atom stereocenters. The van der Waals surface area contributed by atoms with Crippen LogP contribution in [0.2, 0.25) is 0 Å². The van der Waals surface area contributed by atoms with Crippen LogP contribution in [0.3, 0.4) is 0 Å². The van der Waals surface area contributed by atoms with Crippen molar-refractivity contribution in [1.29, 1.82) is 0 Å². The highest BCUT2D eigenvalue weighted by Gasteiger charge is 2.53. The quantitative estimate of drug-likeness (QED) is 0.0232. The zero-order chi connectivity index (χ0) is 33.8. The third-order valence-corrected chi connectivity index (χ3v) is 9.09. The number of amides is 1. The number of esters is 1. The lowest BCUT2D eigenvalue weighted by Crippen LogP contribution is -2.62. The van der Waals surface area contributed by atoms with Gasteiger partial charge in [-0.3, -0.25) is 24.6 Å². The molecular weight excluding hydrogens is 652 g/mol. The molecule has 0 aromatic heterocycles. The maximum absolute atomic E-state index is 13.7. The molecule has 1 saturated heterocycles. The van der Waals surface area contributed by atoms with E-state index in [2.05, 4.69) is 0 Å². The smallest absolute Gasteiger partial charge is 0.359 e. The minimum Gasteiger partial charge on any atom is -0.456 e. The number of thiocarbonyl (C=S) groups is 1. The molecule has 0 spiro atoms. The Bertz CT molecular complexity index is 1670. The highest BCUT2D eigenvalue weighted by molar-refractivity contribution is 8.16. The first-order valence-corrected chi connectivity index (χ1v) is 15.7. The van der Waals surface area contributed by atoms with Crippen LogP contribution in [-0.4, -0.2) is 48.4 Å². The molecule has 46 heavy (non-hydrogen) atoms.